The third-order valence-corrected chi connectivity index (χ3v) is 5.50. The molecule has 9 heteroatoms. The van der Waals surface area contributed by atoms with Crippen LogP contribution in [0.4, 0.5) is 0 Å². The fourth-order valence-corrected chi connectivity index (χ4v) is 3.87. The number of nitrogens with zero attached hydrogens (tertiary/aromatic N) is 1. The number of nitrogens with one attached hydrogen (secondary N) is 1. The zero-order chi connectivity index (χ0) is 15.3. The Morgan fingerprint density at radius 2 is 2.15 bits per heavy atom. The Hall–Kier alpha value is -1.19. The third kappa shape index (κ3) is 4.15. The molecular weight excluding hydrogens is 288 g/mol. The van der Waals surface area contributed by atoms with E-state index in [9.17, 15) is 18.0 Å². The average molecular weight is 308 g/mol. The topological polar surface area (TPSA) is 113 Å². The highest BCUT2D eigenvalue weighted by atomic mass is 32.2. The van der Waals surface area contributed by atoms with E-state index in [0.29, 0.717) is 13.0 Å². The molecule has 2 N–H and O–H groups in total. The maximum Gasteiger partial charge on any atom is 0.321 e. The van der Waals surface area contributed by atoms with E-state index in [1.165, 1.54) is 13.8 Å². The zero-order valence-electron chi connectivity index (χ0n) is 11.5. The second-order valence-corrected chi connectivity index (χ2v) is 6.80. The van der Waals surface area contributed by atoms with E-state index in [1.807, 2.05) is 0 Å². The maximum atomic E-state index is 12.4. The van der Waals surface area contributed by atoms with E-state index >= 15 is 0 Å². The van der Waals surface area contributed by atoms with Crippen LogP contribution in [0.2, 0.25) is 0 Å². The maximum absolute atomic E-state index is 12.4. The Kier molecular flexibility index (Phi) is 5.90. The highest BCUT2D eigenvalue weighted by molar-refractivity contribution is 7.89. The lowest BCUT2D eigenvalue weighted by molar-refractivity contribution is -0.140. The molecule has 0 aromatic heterocycles. The van der Waals surface area contributed by atoms with E-state index in [4.69, 9.17) is 9.84 Å². The summed E-state index contributed by atoms with van der Waals surface area (Å²) in [7, 11) is -3.77. The van der Waals surface area contributed by atoms with Crippen molar-refractivity contribution in [2.24, 2.45) is 0 Å². The molecule has 116 valence electrons. The molecule has 1 heterocycles. The first-order valence-electron chi connectivity index (χ1n) is 6.32. The molecule has 8 nitrogen and oxygen atoms in total. The van der Waals surface area contributed by atoms with Crippen LogP contribution in [-0.2, 0) is 24.3 Å². The minimum Gasteiger partial charge on any atom is -0.480 e. The van der Waals surface area contributed by atoms with Gasteiger partial charge >= 0.3 is 5.97 Å². The van der Waals surface area contributed by atoms with Gasteiger partial charge in [-0.05, 0) is 13.3 Å². The summed E-state index contributed by atoms with van der Waals surface area (Å²) in [6.45, 7) is 3.04. The lowest BCUT2D eigenvalue weighted by Crippen LogP contribution is -2.50. The molecule has 2 atom stereocenters. The molecule has 1 rings (SSSR count). The van der Waals surface area contributed by atoms with Crippen LogP contribution >= 0.6 is 0 Å². The van der Waals surface area contributed by atoms with Gasteiger partial charge in [0.2, 0.25) is 15.9 Å². The smallest absolute Gasteiger partial charge is 0.321 e. The fourth-order valence-electron chi connectivity index (χ4n) is 1.95. The first kappa shape index (κ1) is 16.9. The Bertz CT molecular complexity index is 458. The standard InChI is InChI=1S/C11H20N2O6S/c1-8(11(15)16)13(5-4-12-9(2)14)20(17,18)10-3-6-19-7-10/h8,10H,3-7H2,1-2H3,(H,12,14)(H,15,16). The summed E-state index contributed by atoms with van der Waals surface area (Å²) in [5.74, 6) is -1.52. The molecule has 1 amide bonds. The average Bonchev–Trinajstić information content (AvgIpc) is 2.87. The molecule has 0 aromatic carbocycles. The van der Waals surface area contributed by atoms with Gasteiger partial charge in [-0.15, -0.1) is 0 Å². The van der Waals surface area contributed by atoms with E-state index in [1.54, 1.807) is 0 Å². The van der Waals surface area contributed by atoms with Crippen molar-refractivity contribution in [2.75, 3.05) is 26.3 Å². The molecular formula is C11H20N2O6S. The number of aliphatic carboxylic acids is 1. The van der Waals surface area contributed by atoms with Crippen LogP contribution in [0.1, 0.15) is 20.3 Å². The summed E-state index contributed by atoms with van der Waals surface area (Å²) < 4.78 is 30.8. The lowest BCUT2D eigenvalue weighted by Gasteiger charge is -2.28. The number of hydrogen-bond acceptors (Lipinski definition) is 5. The molecule has 20 heavy (non-hydrogen) atoms. The molecule has 1 aliphatic rings. The normalized spacial score (nSPS) is 20.9. The summed E-state index contributed by atoms with van der Waals surface area (Å²) >= 11 is 0. The molecule has 2 unspecified atom stereocenters. The lowest BCUT2D eigenvalue weighted by atomic mass is 10.3. The number of amides is 1. The highest BCUT2D eigenvalue weighted by Crippen LogP contribution is 2.20. The number of carbonyl (C=O) groups excluding carboxylic acids is 1. The van der Waals surface area contributed by atoms with Crippen molar-refractivity contribution in [1.29, 1.82) is 0 Å². The Labute approximate surface area is 118 Å². The molecule has 0 radical (unpaired) electrons. The predicted octanol–water partition coefficient (Wildman–Crippen LogP) is -0.984. The molecule has 0 aromatic rings. The molecule has 0 saturated carbocycles. The quantitative estimate of drug-likeness (QED) is 0.625. The van der Waals surface area contributed by atoms with Crippen molar-refractivity contribution in [3.63, 3.8) is 0 Å². The minimum absolute atomic E-state index is 0.0692. The first-order chi connectivity index (χ1) is 9.26. The molecule has 0 spiro atoms. The summed E-state index contributed by atoms with van der Waals surface area (Å²) in [6, 6.07) is -1.19. The van der Waals surface area contributed by atoms with E-state index < -0.39 is 27.3 Å². The van der Waals surface area contributed by atoms with Gasteiger partial charge in [0.05, 0.1) is 6.61 Å². The van der Waals surface area contributed by atoms with Crippen molar-refractivity contribution in [3.05, 3.63) is 0 Å². The number of ether oxygens (including phenoxy) is 1. The van der Waals surface area contributed by atoms with E-state index in [-0.39, 0.29) is 25.6 Å². The highest BCUT2D eigenvalue weighted by Gasteiger charge is 2.39. The number of carboxylic acids is 1. The van der Waals surface area contributed by atoms with Crippen LogP contribution in [0, 0.1) is 0 Å². The molecule has 1 aliphatic heterocycles. The molecule has 1 fully saturated rings. The second-order valence-electron chi connectivity index (χ2n) is 4.64. The number of sulfonamides is 1. The molecule has 0 bridgehead atoms. The Morgan fingerprint density at radius 1 is 1.50 bits per heavy atom. The van der Waals surface area contributed by atoms with Gasteiger partial charge in [0.1, 0.15) is 11.3 Å². The van der Waals surface area contributed by atoms with Gasteiger partial charge in [-0.2, -0.15) is 4.31 Å². The summed E-state index contributed by atoms with van der Waals surface area (Å²) in [5.41, 5.74) is 0. The monoisotopic (exact) mass is 308 g/mol. The summed E-state index contributed by atoms with van der Waals surface area (Å²) in [4.78, 5) is 21.9. The van der Waals surface area contributed by atoms with E-state index in [0.717, 1.165) is 4.31 Å². The Balaban J connectivity index is 2.85. The van der Waals surface area contributed by atoms with Gasteiger partial charge in [-0.25, -0.2) is 8.42 Å². The second kappa shape index (κ2) is 7.00. The van der Waals surface area contributed by atoms with Crippen LogP contribution < -0.4 is 5.32 Å². The minimum atomic E-state index is -3.77. The van der Waals surface area contributed by atoms with Gasteiger partial charge in [0, 0.05) is 26.6 Å². The van der Waals surface area contributed by atoms with Crippen molar-refractivity contribution in [3.8, 4) is 0 Å². The van der Waals surface area contributed by atoms with Crippen LogP contribution in [0.15, 0.2) is 0 Å². The van der Waals surface area contributed by atoms with Gasteiger partial charge in [0.15, 0.2) is 0 Å². The van der Waals surface area contributed by atoms with Gasteiger partial charge in [-0.3, -0.25) is 9.59 Å². The predicted molar refractivity (Wildman–Crippen MR) is 70.6 cm³/mol. The first-order valence-corrected chi connectivity index (χ1v) is 7.82. The van der Waals surface area contributed by atoms with Gasteiger partial charge < -0.3 is 15.2 Å². The van der Waals surface area contributed by atoms with Crippen molar-refractivity contribution >= 4 is 21.9 Å². The van der Waals surface area contributed by atoms with E-state index in [2.05, 4.69) is 5.32 Å². The fraction of sp³-hybridized carbons (Fsp3) is 0.818. The Morgan fingerprint density at radius 3 is 2.60 bits per heavy atom. The summed E-state index contributed by atoms with van der Waals surface area (Å²) in [5, 5.41) is 10.8. The molecule has 1 saturated heterocycles. The third-order valence-electron chi connectivity index (χ3n) is 3.13. The van der Waals surface area contributed by atoms with Gasteiger partial charge in [-0.1, -0.05) is 0 Å². The number of rotatable bonds is 7. The number of hydrogen-bond donors (Lipinski definition) is 2. The zero-order valence-corrected chi connectivity index (χ0v) is 12.4. The number of carbonyl (C=O) groups is 2. The van der Waals surface area contributed by atoms with Crippen molar-refractivity contribution in [1.82, 2.24) is 9.62 Å². The SMILES string of the molecule is CC(=O)NCCN(C(C)C(=O)O)S(=O)(=O)C1CCOC1. The van der Waals surface area contributed by atoms with Crippen LogP contribution in [-0.4, -0.2) is 67.3 Å². The summed E-state index contributed by atoms with van der Waals surface area (Å²) in [6.07, 6.45) is 0.352. The van der Waals surface area contributed by atoms with Crippen LogP contribution in [0.3, 0.4) is 0 Å². The largest absolute Gasteiger partial charge is 0.480 e. The number of carboxylic acid groups (broad SMARTS) is 1. The van der Waals surface area contributed by atoms with Crippen LogP contribution in [0.25, 0.3) is 0 Å². The van der Waals surface area contributed by atoms with Gasteiger partial charge in [0.25, 0.3) is 0 Å². The van der Waals surface area contributed by atoms with Crippen LogP contribution in [0.5, 0.6) is 0 Å². The van der Waals surface area contributed by atoms with Crippen molar-refractivity contribution in [2.45, 2.75) is 31.6 Å². The van der Waals surface area contributed by atoms with Crippen molar-refractivity contribution < 1.29 is 27.9 Å². The molecule has 0 aliphatic carbocycles.